The number of primary amides is 1. The second-order valence-electron chi connectivity index (χ2n) is 3.66. The maximum Gasteiger partial charge on any atom is 0.312 e. The van der Waals surface area contributed by atoms with Crippen molar-refractivity contribution in [2.45, 2.75) is 39.7 Å². The number of hydrogen-bond donors (Lipinski definition) is 3. The summed E-state index contributed by atoms with van der Waals surface area (Å²) >= 11 is 0. The van der Waals surface area contributed by atoms with Crippen molar-refractivity contribution in [1.29, 1.82) is 0 Å². The standard InChI is InChI=1S/C10H21N3O2/c1-4-6-12-9(14)8(7(3)5-2)13-10(11)15/h7-8H,4-6H2,1-3H3,(H,12,14)(H3,11,13,15)/t7-,8+/m0/s1. The number of rotatable bonds is 6. The molecule has 0 fully saturated rings. The minimum absolute atomic E-state index is 0.0781. The van der Waals surface area contributed by atoms with Gasteiger partial charge < -0.3 is 16.4 Å². The van der Waals surface area contributed by atoms with Crippen LogP contribution in [-0.2, 0) is 4.79 Å². The summed E-state index contributed by atoms with van der Waals surface area (Å²) in [6.07, 6.45) is 1.68. The molecule has 0 unspecified atom stereocenters. The zero-order chi connectivity index (χ0) is 11.8. The smallest absolute Gasteiger partial charge is 0.312 e. The maximum atomic E-state index is 11.7. The molecule has 0 spiro atoms. The van der Waals surface area contributed by atoms with Gasteiger partial charge in [0.25, 0.3) is 0 Å². The molecule has 4 N–H and O–H groups in total. The SMILES string of the molecule is CCCNC(=O)[C@H](NC(N)=O)[C@@H](C)CC. The first-order valence-electron chi connectivity index (χ1n) is 5.36. The van der Waals surface area contributed by atoms with Crippen LogP contribution >= 0.6 is 0 Å². The van der Waals surface area contributed by atoms with Gasteiger partial charge in [0.05, 0.1) is 0 Å². The zero-order valence-electron chi connectivity index (χ0n) is 9.67. The molecule has 5 heteroatoms. The van der Waals surface area contributed by atoms with Crippen LogP contribution < -0.4 is 16.4 Å². The van der Waals surface area contributed by atoms with Gasteiger partial charge in [-0.25, -0.2) is 4.79 Å². The number of carbonyl (C=O) groups is 2. The number of amides is 3. The lowest BCUT2D eigenvalue weighted by Gasteiger charge is -2.22. The van der Waals surface area contributed by atoms with Gasteiger partial charge in [-0.15, -0.1) is 0 Å². The molecule has 0 saturated heterocycles. The highest BCUT2D eigenvalue weighted by Crippen LogP contribution is 2.07. The Morgan fingerprint density at radius 2 is 1.93 bits per heavy atom. The van der Waals surface area contributed by atoms with E-state index in [1.807, 2.05) is 20.8 Å². The van der Waals surface area contributed by atoms with E-state index < -0.39 is 12.1 Å². The molecule has 0 radical (unpaired) electrons. The molecule has 0 bridgehead atoms. The highest BCUT2D eigenvalue weighted by Gasteiger charge is 2.24. The number of urea groups is 1. The van der Waals surface area contributed by atoms with Crippen LogP contribution in [0.2, 0.25) is 0 Å². The molecule has 88 valence electrons. The van der Waals surface area contributed by atoms with Gasteiger partial charge in [-0.1, -0.05) is 27.2 Å². The van der Waals surface area contributed by atoms with Crippen molar-refractivity contribution in [2.24, 2.45) is 11.7 Å². The predicted octanol–water partition coefficient (Wildman–Crippen LogP) is 0.596. The van der Waals surface area contributed by atoms with Gasteiger partial charge >= 0.3 is 6.03 Å². The van der Waals surface area contributed by atoms with E-state index in [1.54, 1.807) is 0 Å². The molecule has 0 rings (SSSR count). The summed E-state index contributed by atoms with van der Waals surface area (Å²) in [6.45, 7) is 6.46. The molecule has 0 aromatic rings. The average Bonchev–Trinajstić information content (AvgIpc) is 2.21. The van der Waals surface area contributed by atoms with Crippen LogP contribution in [0.4, 0.5) is 4.79 Å². The van der Waals surface area contributed by atoms with E-state index in [0.29, 0.717) is 6.54 Å². The van der Waals surface area contributed by atoms with E-state index in [1.165, 1.54) is 0 Å². The van der Waals surface area contributed by atoms with Crippen molar-refractivity contribution in [3.8, 4) is 0 Å². The van der Waals surface area contributed by atoms with Crippen molar-refractivity contribution in [3.63, 3.8) is 0 Å². The first-order valence-corrected chi connectivity index (χ1v) is 5.36. The van der Waals surface area contributed by atoms with Gasteiger partial charge in [0.2, 0.25) is 5.91 Å². The monoisotopic (exact) mass is 215 g/mol. The van der Waals surface area contributed by atoms with Gasteiger partial charge in [0.15, 0.2) is 0 Å². The zero-order valence-corrected chi connectivity index (χ0v) is 9.67. The molecule has 0 heterocycles. The van der Waals surface area contributed by atoms with E-state index in [-0.39, 0.29) is 11.8 Å². The van der Waals surface area contributed by atoms with Gasteiger partial charge in [0, 0.05) is 6.54 Å². The third-order valence-electron chi connectivity index (χ3n) is 2.34. The van der Waals surface area contributed by atoms with Gasteiger partial charge in [0.1, 0.15) is 6.04 Å². The summed E-state index contributed by atoms with van der Waals surface area (Å²) in [5.74, 6) is -0.0839. The van der Waals surface area contributed by atoms with Crippen LogP contribution in [0, 0.1) is 5.92 Å². The van der Waals surface area contributed by atoms with E-state index in [2.05, 4.69) is 10.6 Å². The van der Waals surface area contributed by atoms with E-state index in [9.17, 15) is 9.59 Å². The fraction of sp³-hybridized carbons (Fsp3) is 0.800. The molecule has 0 saturated carbocycles. The van der Waals surface area contributed by atoms with Crippen LogP contribution in [0.3, 0.4) is 0 Å². The molecular weight excluding hydrogens is 194 g/mol. The van der Waals surface area contributed by atoms with E-state index in [0.717, 1.165) is 12.8 Å². The summed E-state index contributed by atoms with van der Waals surface area (Å²) in [5, 5.41) is 5.21. The number of hydrogen-bond acceptors (Lipinski definition) is 2. The van der Waals surface area contributed by atoms with Crippen LogP contribution in [0.25, 0.3) is 0 Å². The topological polar surface area (TPSA) is 84.2 Å². The molecule has 0 aliphatic heterocycles. The predicted molar refractivity (Wildman–Crippen MR) is 59.3 cm³/mol. The average molecular weight is 215 g/mol. The summed E-state index contributed by atoms with van der Waals surface area (Å²) in [7, 11) is 0. The van der Waals surface area contributed by atoms with Crippen molar-refractivity contribution in [1.82, 2.24) is 10.6 Å². The first kappa shape index (κ1) is 13.7. The second-order valence-corrected chi connectivity index (χ2v) is 3.66. The van der Waals surface area contributed by atoms with Crippen LogP contribution in [-0.4, -0.2) is 24.5 Å². The summed E-state index contributed by atoms with van der Waals surface area (Å²) in [5.41, 5.74) is 5.02. The van der Waals surface area contributed by atoms with Crippen molar-refractivity contribution in [3.05, 3.63) is 0 Å². The number of carbonyl (C=O) groups excluding carboxylic acids is 2. The molecule has 0 aromatic carbocycles. The normalized spacial score (nSPS) is 14.1. The van der Waals surface area contributed by atoms with Crippen molar-refractivity contribution < 1.29 is 9.59 Å². The third-order valence-corrected chi connectivity index (χ3v) is 2.34. The van der Waals surface area contributed by atoms with E-state index in [4.69, 9.17) is 5.73 Å². The highest BCUT2D eigenvalue weighted by molar-refractivity contribution is 5.86. The lowest BCUT2D eigenvalue weighted by molar-refractivity contribution is -0.124. The third kappa shape index (κ3) is 5.24. The molecule has 0 aliphatic carbocycles. The van der Waals surface area contributed by atoms with E-state index >= 15 is 0 Å². The molecule has 0 aromatic heterocycles. The van der Waals surface area contributed by atoms with Crippen molar-refractivity contribution in [2.75, 3.05) is 6.54 Å². The Labute approximate surface area is 90.8 Å². The van der Waals surface area contributed by atoms with Gasteiger partial charge in [-0.3, -0.25) is 4.79 Å². The Kier molecular flexibility index (Phi) is 6.49. The van der Waals surface area contributed by atoms with Crippen LogP contribution in [0.1, 0.15) is 33.6 Å². The Morgan fingerprint density at radius 1 is 1.33 bits per heavy atom. The fourth-order valence-electron chi connectivity index (χ4n) is 1.21. The lowest BCUT2D eigenvalue weighted by atomic mass is 9.98. The molecule has 2 atom stereocenters. The van der Waals surface area contributed by atoms with Gasteiger partial charge in [-0.05, 0) is 12.3 Å². The number of nitrogens with one attached hydrogen (secondary N) is 2. The maximum absolute atomic E-state index is 11.7. The Balaban J connectivity index is 4.33. The largest absolute Gasteiger partial charge is 0.354 e. The Bertz CT molecular complexity index is 219. The van der Waals surface area contributed by atoms with Crippen LogP contribution in [0.15, 0.2) is 0 Å². The summed E-state index contributed by atoms with van der Waals surface area (Å²) in [4.78, 5) is 22.4. The van der Waals surface area contributed by atoms with Gasteiger partial charge in [-0.2, -0.15) is 0 Å². The molecule has 5 nitrogen and oxygen atoms in total. The molecular formula is C10H21N3O2. The summed E-state index contributed by atoms with van der Waals surface area (Å²) < 4.78 is 0. The first-order chi connectivity index (χ1) is 7.02. The van der Waals surface area contributed by atoms with Crippen LogP contribution in [0.5, 0.6) is 0 Å². The number of nitrogens with two attached hydrogens (primary N) is 1. The fourth-order valence-corrected chi connectivity index (χ4v) is 1.21. The molecule has 0 aliphatic rings. The van der Waals surface area contributed by atoms with Crippen molar-refractivity contribution >= 4 is 11.9 Å². The second kappa shape index (κ2) is 7.09. The molecule has 3 amide bonds. The Hall–Kier alpha value is -1.26. The molecule has 15 heavy (non-hydrogen) atoms. The highest BCUT2D eigenvalue weighted by atomic mass is 16.2. The quantitative estimate of drug-likeness (QED) is 0.606. The Morgan fingerprint density at radius 3 is 2.33 bits per heavy atom. The minimum atomic E-state index is -0.660. The summed E-state index contributed by atoms with van der Waals surface area (Å²) in [6, 6.07) is -1.19. The lowest BCUT2D eigenvalue weighted by Crippen LogP contribution is -2.51. The minimum Gasteiger partial charge on any atom is -0.354 e.